The molecule has 0 fully saturated rings. The molecule has 6 heteroatoms. The first-order chi connectivity index (χ1) is 13.6. The quantitative estimate of drug-likeness (QED) is 0.568. The van der Waals surface area contributed by atoms with Gasteiger partial charge in [-0.25, -0.2) is 4.98 Å². The summed E-state index contributed by atoms with van der Waals surface area (Å²) in [5.74, 6) is 0.872. The van der Waals surface area contributed by atoms with Crippen LogP contribution in [0.3, 0.4) is 0 Å². The lowest BCUT2D eigenvalue weighted by Crippen LogP contribution is -2.34. The smallest absolute Gasteiger partial charge is 0.230 e. The first kappa shape index (κ1) is 17.4. The van der Waals surface area contributed by atoms with Crippen molar-refractivity contribution in [3.05, 3.63) is 81.5 Å². The molecule has 1 N–H and O–H groups in total. The van der Waals surface area contributed by atoms with Crippen LogP contribution in [0.15, 0.2) is 48.5 Å². The third kappa shape index (κ3) is 2.89. The van der Waals surface area contributed by atoms with Crippen molar-refractivity contribution in [2.24, 2.45) is 0 Å². The Morgan fingerprint density at radius 1 is 1.04 bits per heavy atom. The van der Waals surface area contributed by atoms with Gasteiger partial charge >= 0.3 is 0 Å². The summed E-state index contributed by atoms with van der Waals surface area (Å²) in [6.07, 6.45) is 1.01. The highest BCUT2D eigenvalue weighted by Crippen LogP contribution is 2.41. The first-order valence-corrected chi connectivity index (χ1v) is 10.3. The van der Waals surface area contributed by atoms with Gasteiger partial charge in [-0.05, 0) is 37.0 Å². The van der Waals surface area contributed by atoms with Crippen LogP contribution in [0.25, 0.3) is 4.96 Å². The van der Waals surface area contributed by atoms with Crippen LogP contribution in [0.5, 0.6) is 5.88 Å². The van der Waals surface area contributed by atoms with E-state index < -0.39 is 0 Å². The van der Waals surface area contributed by atoms with Crippen molar-refractivity contribution in [2.45, 2.75) is 32.9 Å². The van der Waals surface area contributed by atoms with Gasteiger partial charge in [0, 0.05) is 13.1 Å². The summed E-state index contributed by atoms with van der Waals surface area (Å²) in [6, 6.07) is 17.2. The number of hydrogen-bond donors (Lipinski definition) is 1. The Morgan fingerprint density at radius 2 is 1.79 bits per heavy atom. The minimum Gasteiger partial charge on any atom is -0.492 e. The third-order valence-electron chi connectivity index (χ3n) is 5.47. The van der Waals surface area contributed by atoms with Gasteiger partial charge in [0.25, 0.3) is 0 Å². The molecule has 5 rings (SSSR count). The van der Waals surface area contributed by atoms with E-state index in [1.54, 1.807) is 4.52 Å². The molecule has 28 heavy (non-hydrogen) atoms. The Kier molecular flexibility index (Phi) is 4.18. The van der Waals surface area contributed by atoms with Crippen LogP contribution < -0.4 is 0 Å². The highest BCUT2D eigenvalue weighted by molar-refractivity contribution is 7.17. The lowest BCUT2D eigenvalue weighted by molar-refractivity contribution is 0.205. The van der Waals surface area contributed by atoms with Gasteiger partial charge in [-0.2, -0.15) is 4.52 Å². The van der Waals surface area contributed by atoms with E-state index in [0.717, 1.165) is 29.3 Å². The van der Waals surface area contributed by atoms with E-state index in [4.69, 9.17) is 0 Å². The summed E-state index contributed by atoms with van der Waals surface area (Å²) in [5.41, 5.74) is 5.19. The molecule has 1 aliphatic rings. The van der Waals surface area contributed by atoms with E-state index in [-0.39, 0.29) is 11.9 Å². The largest absolute Gasteiger partial charge is 0.492 e. The summed E-state index contributed by atoms with van der Waals surface area (Å²) in [5, 5.41) is 15.3. The Bertz CT molecular complexity index is 1150. The van der Waals surface area contributed by atoms with Gasteiger partial charge in [-0.15, -0.1) is 5.10 Å². The normalized spacial score (nSPS) is 15.6. The molecule has 1 aliphatic heterocycles. The SMILES string of the molecule is Cc1ccc([C@H](c2sc3nc(C)nn3c2O)N2CCc3ccccc3C2)cc1. The van der Waals surface area contributed by atoms with Gasteiger partial charge in [0.1, 0.15) is 5.82 Å². The molecule has 0 unspecified atom stereocenters. The molecule has 142 valence electrons. The predicted molar refractivity (Wildman–Crippen MR) is 111 cm³/mol. The number of rotatable bonds is 3. The zero-order valence-corrected chi connectivity index (χ0v) is 16.8. The van der Waals surface area contributed by atoms with Crippen molar-refractivity contribution in [1.82, 2.24) is 19.5 Å². The van der Waals surface area contributed by atoms with E-state index >= 15 is 0 Å². The zero-order chi connectivity index (χ0) is 19.3. The van der Waals surface area contributed by atoms with E-state index in [1.807, 2.05) is 6.92 Å². The van der Waals surface area contributed by atoms with Crippen LogP contribution in [0.2, 0.25) is 0 Å². The molecular weight excluding hydrogens is 368 g/mol. The van der Waals surface area contributed by atoms with Crippen molar-refractivity contribution < 1.29 is 5.11 Å². The molecule has 2 aromatic carbocycles. The fourth-order valence-corrected chi connectivity index (χ4v) is 5.20. The van der Waals surface area contributed by atoms with E-state index in [9.17, 15) is 5.11 Å². The average molecular weight is 391 g/mol. The van der Waals surface area contributed by atoms with Gasteiger partial charge in [0.2, 0.25) is 10.8 Å². The number of benzene rings is 2. The molecular formula is C22H22N4OS. The molecule has 0 aliphatic carbocycles. The van der Waals surface area contributed by atoms with E-state index in [1.165, 1.54) is 33.6 Å². The van der Waals surface area contributed by atoms with Crippen LogP contribution in [0, 0.1) is 13.8 Å². The summed E-state index contributed by atoms with van der Waals surface area (Å²) in [6.45, 7) is 5.75. The number of thiazole rings is 1. The number of aryl methyl sites for hydroxylation is 2. The molecule has 1 atom stereocenters. The standard InChI is InChI=1S/C22H22N4OS/c1-14-7-9-17(10-8-14)19(20-21(27)26-22(28-20)23-15(2)24-26)25-12-11-16-5-3-4-6-18(16)13-25/h3-10,19,27H,11-13H2,1-2H3/t19-/m1/s1. The summed E-state index contributed by atoms with van der Waals surface area (Å²) in [7, 11) is 0. The van der Waals surface area contributed by atoms with E-state index in [2.05, 4.69) is 70.4 Å². The number of fused-ring (bicyclic) bond motifs is 2. The van der Waals surface area contributed by atoms with Crippen molar-refractivity contribution >= 4 is 16.3 Å². The molecule has 0 saturated heterocycles. The highest BCUT2D eigenvalue weighted by atomic mass is 32.1. The molecule has 0 saturated carbocycles. The topological polar surface area (TPSA) is 53.7 Å². The molecule has 3 heterocycles. The molecule has 2 aromatic heterocycles. The lowest BCUT2D eigenvalue weighted by atomic mass is 9.95. The Morgan fingerprint density at radius 3 is 2.54 bits per heavy atom. The molecule has 4 aromatic rings. The molecule has 0 amide bonds. The summed E-state index contributed by atoms with van der Waals surface area (Å²) >= 11 is 1.52. The second-order valence-electron chi connectivity index (χ2n) is 7.45. The van der Waals surface area contributed by atoms with Crippen molar-refractivity contribution in [3.8, 4) is 5.88 Å². The Hall–Kier alpha value is -2.70. The van der Waals surface area contributed by atoms with Crippen molar-refractivity contribution in [1.29, 1.82) is 0 Å². The van der Waals surface area contributed by atoms with Crippen LogP contribution in [-0.4, -0.2) is 31.1 Å². The van der Waals surface area contributed by atoms with Crippen molar-refractivity contribution in [3.63, 3.8) is 0 Å². The maximum atomic E-state index is 11.0. The van der Waals surface area contributed by atoms with Crippen LogP contribution >= 0.6 is 11.3 Å². The maximum Gasteiger partial charge on any atom is 0.230 e. The molecule has 0 radical (unpaired) electrons. The number of aromatic hydroxyl groups is 1. The first-order valence-electron chi connectivity index (χ1n) is 9.52. The lowest BCUT2D eigenvalue weighted by Gasteiger charge is -2.35. The number of aromatic nitrogens is 3. The Labute approximate surface area is 167 Å². The second-order valence-corrected chi connectivity index (χ2v) is 8.45. The molecule has 5 nitrogen and oxygen atoms in total. The monoisotopic (exact) mass is 390 g/mol. The number of nitrogens with zero attached hydrogens (tertiary/aromatic N) is 4. The van der Waals surface area contributed by atoms with Crippen LogP contribution in [0.1, 0.15) is 39.0 Å². The molecule has 0 bridgehead atoms. The van der Waals surface area contributed by atoms with Gasteiger partial charge < -0.3 is 5.11 Å². The molecule has 0 spiro atoms. The zero-order valence-electron chi connectivity index (χ0n) is 16.0. The predicted octanol–water partition coefficient (Wildman–Crippen LogP) is 4.26. The maximum absolute atomic E-state index is 11.0. The van der Waals surface area contributed by atoms with Gasteiger partial charge in [0.05, 0.1) is 10.9 Å². The Balaban J connectivity index is 1.62. The van der Waals surface area contributed by atoms with Crippen LogP contribution in [-0.2, 0) is 13.0 Å². The van der Waals surface area contributed by atoms with Crippen molar-refractivity contribution in [2.75, 3.05) is 6.54 Å². The van der Waals surface area contributed by atoms with Gasteiger partial charge in [-0.3, -0.25) is 4.90 Å². The highest BCUT2D eigenvalue weighted by Gasteiger charge is 2.31. The van der Waals surface area contributed by atoms with Crippen LogP contribution in [0.4, 0.5) is 0 Å². The number of hydrogen-bond acceptors (Lipinski definition) is 5. The summed E-state index contributed by atoms with van der Waals surface area (Å²) in [4.78, 5) is 8.54. The van der Waals surface area contributed by atoms with E-state index in [0.29, 0.717) is 5.82 Å². The average Bonchev–Trinajstić information content (AvgIpc) is 3.21. The van der Waals surface area contributed by atoms with Gasteiger partial charge in [-0.1, -0.05) is 65.4 Å². The minimum atomic E-state index is -0.0252. The minimum absolute atomic E-state index is 0.0252. The second kappa shape index (κ2) is 6.72. The fourth-order valence-electron chi connectivity index (χ4n) is 4.04. The third-order valence-corrected chi connectivity index (χ3v) is 6.54. The van der Waals surface area contributed by atoms with Gasteiger partial charge in [0.15, 0.2) is 0 Å². The fraction of sp³-hybridized carbons (Fsp3) is 0.273. The summed E-state index contributed by atoms with van der Waals surface area (Å²) < 4.78 is 1.56.